The molecule has 6 nitrogen and oxygen atoms in total. The fraction of sp³-hybridized carbons (Fsp3) is 0.333. The first-order valence-corrected chi connectivity index (χ1v) is 9.00. The van der Waals surface area contributed by atoms with Gasteiger partial charge in [-0.2, -0.15) is 0 Å². The van der Waals surface area contributed by atoms with Gasteiger partial charge in [-0.15, -0.1) is 0 Å². The van der Waals surface area contributed by atoms with Gasteiger partial charge in [-0.25, -0.2) is 4.79 Å². The van der Waals surface area contributed by atoms with Crippen molar-refractivity contribution in [1.29, 1.82) is 0 Å². The van der Waals surface area contributed by atoms with Gasteiger partial charge in [0.25, 0.3) is 5.91 Å². The van der Waals surface area contributed by atoms with E-state index < -0.39 is 5.97 Å². The van der Waals surface area contributed by atoms with Crippen molar-refractivity contribution in [1.82, 2.24) is 5.32 Å². The maximum atomic E-state index is 12.4. The Kier molecular flexibility index (Phi) is 6.08. The first-order valence-electron chi connectivity index (χ1n) is 9.00. The summed E-state index contributed by atoms with van der Waals surface area (Å²) in [5, 5.41) is 2.99. The Balaban J connectivity index is 1.61. The van der Waals surface area contributed by atoms with Crippen LogP contribution in [0.15, 0.2) is 48.5 Å². The minimum absolute atomic E-state index is 0.128. The summed E-state index contributed by atoms with van der Waals surface area (Å²) in [7, 11) is 1.33. The molecule has 1 aliphatic rings. The Bertz CT molecular complexity index is 781. The van der Waals surface area contributed by atoms with E-state index in [0.717, 1.165) is 31.9 Å². The normalized spacial score (nSPS) is 15.1. The first-order chi connectivity index (χ1) is 13.1. The molecule has 0 radical (unpaired) electrons. The van der Waals surface area contributed by atoms with Crippen molar-refractivity contribution in [3.05, 3.63) is 65.2 Å². The zero-order valence-corrected chi connectivity index (χ0v) is 15.6. The van der Waals surface area contributed by atoms with Crippen LogP contribution in [0.4, 0.5) is 5.69 Å². The molecule has 1 aliphatic heterocycles. The fourth-order valence-corrected chi connectivity index (χ4v) is 3.03. The van der Waals surface area contributed by atoms with E-state index in [1.165, 1.54) is 12.8 Å². The van der Waals surface area contributed by atoms with Gasteiger partial charge in [-0.3, -0.25) is 4.79 Å². The van der Waals surface area contributed by atoms with Crippen LogP contribution >= 0.6 is 0 Å². The van der Waals surface area contributed by atoms with Gasteiger partial charge in [0.2, 0.25) is 0 Å². The zero-order chi connectivity index (χ0) is 19.2. The smallest absolute Gasteiger partial charge is 0.337 e. The van der Waals surface area contributed by atoms with Crippen molar-refractivity contribution >= 4 is 17.6 Å². The van der Waals surface area contributed by atoms with E-state index in [2.05, 4.69) is 27.1 Å². The average molecular weight is 368 g/mol. The quantitative estimate of drug-likeness (QED) is 0.822. The number of nitrogens with zero attached hydrogens (tertiary/aromatic N) is 1. The number of carbonyl (C=O) groups is 2. The lowest BCUT2D eigenvalue weighted by atomic mass is 10.1. The molecule has 142 valence electrons. The predicted octanol–water partition coefficient (Wildman–Crippen LogP) is 2.80. The van der Waals surface area contributed by atoms with Gasteiger partial charge < -0.3 is 19.7 Å². The highest BCUT2D eigenvalue weighted by molar-refractivity contribution is 5.96. The van der Waals surface area contributed by atoms with Crippen molar-refractivity contribution in [2.75, 3.05) is 38.3 Å². The second kappa shape index (κ2) is 8.68. The molecule has 0 bridgehead atoms. The number of methoxy groups -OCH3 is 1. The summed E-state index contributed by atoms with van der Waals surface area (Å²) >= 11 is 0. The van der Waals surface area contributed by atoms with E-state index in [9.17, 15) is 9.59 Å². The third-order valence-electron chi connectivity index (χ3n) is 4.69. The maximum Gasteiger partial charge on any atom is 0.337 e. The summed E-state index contributed by atoms with van der Waals surface area (Å²) in [5.74, 6) is -0.605. The third-order valence-corrected chi connectivity index (χ3v) is 4.69. The number of hydrogen-bond acceptors (Lipinski definition) is 5. The number of ether oxygens (including phenoxy) is 2. The topological polar surface area (TPSA) is 67.9 Å². The number of nitrogens with one attached hydrogen (secondary N) is 1. The lowest BCUT2D eigenvalue weighted by molar-refractivity contribution is 0.0600. The minimum Gasteiger partial charge on any atom is -0.465 e. The maximum absolute atomic E-state index is 12.4. The van der Waals surface area contributed by atoms with Crippen LogP contribution in [0.25, 0.3) is 0 Å². The molecule has 1 amide bonds. The van der Waals surface area contributed by atoms with Crippen molar-refractivity contribution in [2.24, 2.45) is 0 Å². The van der Waals surface area contributed by atoms with Crippen LogP contribution in [0.3, 0.4) is 0 Å². The number of amides is 1. The second-order valence-electron chi connectivity index (χ2n) is 6.46. The van der Waals surface area contributed by atoms with Crippen LogP contribution in [-0.4, -0.2) is 45.3 Å². The SMILES string of the molecule is COC(=O)c1ccc(C(=O)NC(C)c2ccc(N3CCOCC3)cc2)cc1. The number of anilines is 1. The molecule has 3 rings (SSSR count). The van der Waals surface area contributed by atoms with Crippen LogP contribution in [0, 0.1) is 0 Å². The van der Waals surface area contributed by atoms with Gasteiger partial charge >= 0.3 is 5.97 Å². The molecule has 0 spiro atoms. The Hall–Kier alpha value is -2.86. The Morgan fingerprint density at radius 3 is 2.19 bits per heavy atom. The fourth-order valence-electron chi connectivity index (χ4n) is 3.03. The van der Waals surface area contributed by atoms with Crippen molar-refractivity contribution < 1.29 is 19.1 Å². The van der Waals surface area contributed by atoms with Crippen molar-refractivity contribution in [2.45, 2.75) is 13.0 Å². The Morgan fingerprint density at radius 2 is 1.59 bits per heavy atom. The number of carbonyl (C=O) groups excluding carboxylic acids is 2. The molecule has 0 aliphatic carbocycles. The van der Waals surface area contributed by atoms with E-state index in [1.807, 2.05) is 19.1 Å². The number of hydrogen-bond donors (Lipinski definition) is 1. The second-order valence-corrected chi connectivity index (χ2v) is 6.46. The molecule has 1 atom stereocenters. The molecule has 1 unspecified atom stereocenters. The third kappa shape index (κ3) is 4.65. The van der Waals surface area contributed by atoms with Crippen LogP contribution in [0.2, 0.25) is 0 Å². The van der Waals surface area contributed by atoms with Gasteiger partial charge in [0.15, 0.2) is 0 Å². The summed E-state index contributed by atoms with van der Waals surface area (Å²) in [5.41, 5.74) is 3.12. The molecule has 2 aromatic carbocycles. The molecule has 1 heterocycles. The number of rotatable bonds is 5. The molecule has 0 aromatic heterocycles. The van der Waals surface area contributed by atoms with Gasteiger partial charge in [0.05, 0.1) is 31.9 Å². The molecule has 2 aromatic rings. The molecular weight excluding hydrogens is 344 g/mol. The van der Waals surface area contributed by atoms with Crippen LogP contribution in [0.5, 0.6) is 0 Å². The lowest BCUT2D eigenvalue weighted by Crippen LogP contribution is -2.36. The van der Waals surface area contributed by atoms with Gasteiger partial charge in [-0.05, 0) is 48.9 Å². The molecule has 1 N–H and O–H groups in total. The van der Waals surface area contributed by atoms with Crippen molar-refractivity contribution in [3.8, 4) is 0 Å². The highest BCUT2D eigenvalue weighted by Gasteiger charge is 2.14. The van der Waals surface area contributed by atoms with E-state index in [4.69, 9.17) is 4.74 Å². The summed E-state index contributed by atoms with van der Waals surface area (Å²) in [6.07, 6.45) is 0. The minimum atomic E-state index is -0.421. The Morgan fingerprint density at radius 1 is 1.00 bits per heavy atom. The molecule has 1 saturated heterocycles. The zero-order valence-electron chi connectivity index (χ0n) is 15.6. The monoisotopic (exact) mass is 368 g/mol. The van der Waals surface area contributed by atoms with Crippen LogP contribution in [0.1, 0.15) is 39.2 Å². The molecule has 6 heteroatoms. The highest BCUT2D eigenvalue weighted by atomic mass is 16.5. The standard InChI is InChI=1S/C21H24N2O4/c1-15(16-7-9-19(10-8-16)23-11-13-27-14-12-23)22-20(24)17-3-5-18(6-4-17)21(25)26-2/h3-10,15H,11-14H2,1-2H3,(H,22,24). The summed E-state index contributed by atoms with van der Waals surface area (Å²) in [6, 6.07) is 14.5. The van der Waals surface area contributed by atoms with E-state index in [0.29, 0.717) is 11.1 Å². The van der Waals surface area contributed by atoms with Gasteiger partial charge in [0, 0.05) is 24.3 Å². The average Bonchev–Trinajstić information content (AvgIpc) is 2.74. The molecule has 0 saturated carbocycles. The number of morpholine rings is 1. The van der Waals surface area contributed by atoms with E-state index in [-0.39, 0.29) is 11.9 Å². The van der Waals surface area contributed by atoms with E-state index in [1.54, 1.807) is 24.3 Å². The van der Waals surface area contributed by atoms with Crippen LogP contribution in [-0.2, 0) is 9.47 Å². The first kappa shape index (κ1) is 18.9. The van der Waals surface area contributed by atoms with Crippen LogP contribution < -0.4 is 10.2 Å². The molecular formula is C21H24N2O4. The Labute approximate surface area is 159 Å². The summed E-state index contributed by atoms with van der Waals surface area (Å²) in [6.45, 7) is 5.25. The van der Waals surface area contributed by atoms with E-state index >= 15 is 0 Å². The number of benzene rings is 2. The number of esters is 1. The predicted molar refractivity (Wildman–Crippen MR) is 103 cm³/mol. The lowest BCUT2D eigenvalue weighted by Gasteiger charge is -2.29. The van der Waals surface area contributed by atoms with Crippen molar-refractivity contribution in [3.63, 3.8) is 0 Å². The molecule has 1 fully saturated rings. The summed E-state index contributed by atoms with van der Waals surface area (Å²) in [4.78, 5) is 26.2. The van der Waals surface area contributed by atoms with Gasteiger partial charge in [0.1, 0.15) is 0 Å². The summed E-state index contributed by atoms with van der Waals surface area (Å²) < 4.78 is 10.0. The highest BCUT2D eigenvalue weighted by Crippen LogP contribution is 2.20. The van der Waals surface area contributed by atoms with Gasteiger partial charge in [-0.1, -0.05) is 12.1 Å². The molecule has 27 heavy (non-hydrogen) atoms. The largest absolute Gasteiger partial charge is 0.465 e.